The van der Waals surface area contributed by atoms with Gasteiger partial charge in [0.25, 0.3) is 0 Å². The maximum absolute atomic E-state index is 12.4. The summed E-state index contributed by atoms with van der Waals surface area (Å²) in [5, 5.41) is 2.57. The lowest BCUT2D eigenvalue weighted by Crippen LogP contribution is -2.23. The molecule has 0 aliphatic rings. The summed E-state index contributed by atoms with van der Waals surface area (Å²) in [6.07, 6.45) is -0.610. The Morgan fingerprint density at radius 1 is 0.786 bits per heavy atom. The van der Waals surface area contributed by atoms with Gasteiger partial charge >= 0.3 is 6.09 Å². The molecule has 0 radical (unpaired) electrons. The number of carbonyl (C=O) groups is 1. The van der Waals surface area contributed by atoms with Crippen molar-refractivity contribution in [3.63, 3.8) is 0 Å². The minimum absolute atomic E-state index is 0.117. The van der Waals surface area contributed by atoms with E-state index < -0.39 is 16.1 Å². The smallest absolute Gasteiger partial charge is 0.411 e. The molecule has 0 aliphatic heterocycles. The zero-order valence-electron chi connectivity index (χ0n) is 15.0. The molecule has 0 spiro atoms. The van der Waals surface area contributed by atoms with Gasteiger partial charge in [-0.2, -0.15) is 0 Å². The number of sulfonamides is 1. The number of hydrogen-bond donors (Lipinski definition) is 2. The number of anilines is 1. The second-order valence-corrected chi connectivity index (χ2v) is 7.79. The maximum Gasteiger partial charge on any atom is 0.411 e. The van der Waals surface area contributed by atoms with Gasteiger partial charge in [0.15, 0.2) is 0 Å². The Morgan fingerprint density at radius 2 is 1.36 bits per heavy atom. The molecule has 2 N–H and O–H groups in total. The van der Waals surface area contributed by atoms with Crippen molar-refractivity contribution in [1.29, 1.82) is 0 Å². The van der Waals surface area contributed by atoms with Crippen molar-refractivity contribution in [3.8, 4) is 0 Å². The lowest BCUT2D eigenvalue weighted by molar-refractivity contribution is 0.155. The van der Waals surface area contributed by atoms with Gasteiger partial charge in [-0.1, -0.05) is 60.7 Å². The first-order valence-electron chi connectivity index (χ1n) is 8.64. The van der Waals surface area contributed by atoms with E-state index in [1.807, 2.05) is 60.7 Å². The van der Waals surface area contributed by atoms with Crippen molar-refractivity contribution in [2.75, 3.05) is 5.32 Å². The number of amides is 1. The van der Waals surface area contributed by atoms with Crippen LogP contribution in [0.15, 0.2) is 89.8 Å². The van der Waals surface area contributed by atoms with Gasteiger partial charge in [-0.25, -0.2) is 17.9 Å². The topological polar surface area (TPSA) is 84.5 Å². The van der Waals surface area contributed by atoms with Gasteiger partial charge in [-0.05, 0) is 35.4 Å². The fraction of sp³-hybridized carbons (Fsp3) is 0.0952. The van der Waals surface area contributed by atoms with Crippen LogP contribution in [0.4, 0.5) is 10.5 Å². The molecule has 28 heavy (non-hydrogen) atoms. The molecular formula is C21H20N2O4S. The van der Waals surface area contributed by atoms with E-state index in [1.54, 1.807) is 0 Å². The monoisotopic (exact) mass is 396 g/mol. The van der Waals surface area contributed by atoms with Crippen LogP contribution in [0, 0.1) is 0 Å². The number of nitrogens with one attached hydrogen (secondary N) is 2. The lowest BCUT2D eigenvalue weighted by Gasteiger charge is -2.09. The van der Waals surface area contributed by atoms with Crippen LogP contribution >= 0.6 is 0 Å². The van der Waals surface area contributed by atoms with E-state index in [9.17, 15) is 13.2 Å². The Bertz CT molecular complexity index is 1010. The number of hydrogen-bond acceptors (Lipinski definition) is 4. The number of ether oxygens (including phenoxy) is 1. The molecule has 7 heteroatoms. The number of rotatable bonds is 7. The molecule has 0 saturated heterocycles. The van der Waals surface area contributed by atoms with Crippen LogP contribution < -0.4 is 10.0 Å². The summed E-state index contributed by atoms with van der Waals surface area (Å²) in [5.74, 6) is 0. The molecule has 0 aliphatic carbocycles. The summed E-state index contributed by atoms with van der Waals surface area (Å²) in [6.45, 7) is 0.359. The van der Waals surface area contributed by atoms with Crippen molar-refractivity contribution in [3.05, 3.63) is 96.1 Å². The highest BCUT2D eigenvalue weighted by Gasteiger charge is 2.14. The second kappa shape index (κ2) is 9.16. The molecule has 0 bridgehead atoms. The van der Waals surface area contributed by atoms with Crippen molar-refractivity contribution >= 4 is 21.8 Å². The van der Waals surface area contributed by atoms with Gasteiger partial charge in [0.05, 0.1) is 4.90 Å². The van der Waals surface area contributed by atoms with E-state index in [0.717, 1.165) is 11.1 Å². The first-order valence-corrected chi connectivity index (χ1v) is 10.1. The average molecular weight is 396 g/mol. The van der Waals surface area contributed by atoms with E-state index in [4.69, 9.17) is 4.74 Å². The van der Waals surface area contributed by atoms with Crippen LogP contribution in [-0.2, 0) is 27.9 Å². The first kappa shape index (κ1) is 19.6. The molecule has 3 aromatic rings. The van der Waals surface area contributed by atoms with E-state index in [1.165, 1.54) is 24.3 Å². The molecule has 0 aromatic heterocycles. The lowest BCUT2D eigenvalue weighted by atomic mass is 10.2. The van der Waals surface area contributed by atoms with Crippen molar-refractivity contribution in [2.45, 2.75) is 18.0 Å². The summed E-state index contributed by atoms with van der Waals surface area (Å²) >= 11 is 0. The predicted octanol–water partition coefficient (Wildman–Crippen LogP) is 3.91. The standard InChI is InChI=1S/C21H20N2O4S/c24-21(27-16-18-9-5-2-6-10-18)23-19-11-13-20(14-12-19)28(25,26)22-15-17-7-3-1-4-8-17/h1-14,22H,15-16H2,(H,23,24). The molecule has 3 aromatic carbocycles. The van der Waals surface area contributed by atoms with Crippen LogP contribution in [-0.4, -0.2) is 14.5 Å². The molecule has 0 unspecified atom stereocenters. The molecule has 6 nitrogen and oxygen atoms in total. The molecule has 144 valence electrons. The summed E-state index contributed by atoms with van der Waals surface area (Å²) in [7, 11) is -3.64. The highest BCUT2D eigenvalue weighted by atomic mass is 32.2. The third-order valence-corrected chi connectivity index (χ3v) is 5.35. The zero-order valence-corrected chi connectivity index (χ0v) is 15.9. The Morgan fingerprint density at radius 3 is 1.96 bits per heavy atom. The van der Waals surface area contributed by atoms with Gasteiger partial charge in [0.2, 0.25) is 10.0 Å². The minimum atomic E-state index is -3.64. The molecule has 0 atom stereocenters. The third kappa shape index (κ3) is 5.67. The Labute approximate surface area is 164 Å². The first-order chi connectivity index (χ1) is 13.5. The fourth-order valence-electron chi connectivity index (χ4n) is 2.45. The van der Waals surface area contributed by atoms with Crippen molar-refractivity contribution in [2.24, 2.45) is 0 Å². The van der Waals surface area contributed by atoms with Crippen molar-refractivity contribution in [1.82, 2.24) is 4.72 Å². The molecule has 1 amide bonds. The zero-order chi connectivity index (χ0) is 19.8. The van der Waals surface area contributed by atoms with E-state index in [-0.39, 0.29) is 18.0 Å². The van der Waals surface area contributed by atoms with E-state index in [0.29, 0.717) is 5.69 Å². The van der Waals surface area contributed by atoms with Gasteiger partial charge in [-0.3, -0.25) is 5.32 Å². The van der Waals surface area contributed by atoms with Crippen molar-refractivity contribution < 1.29 is 17.9 Å². The Balaban J connectivity index is 1.54. The average Bonchev–Trinajstić information content (AvgIpc) is 2.73. The molecular weight excluding hydrogens is 376 g/mol. The van der Waals surface area contributed by atoms with E-state index >= 15 is 0 Å². The highest BCUT2D eigenvalue weighted by molar-refractivity contribution is 7.89. The summed E-state index contributed by atoms with van der Waals surface area (Å²) < 4.78 is 32.4. The quantitative estimate of drug-likeness (QED) is 0.634. The molecule has 0 fully saturated rings. The number of carbonyl (C=O) groups excluding carboxylic acids is 1. The molecule has 0 saturated carbocycles. The van der Waals surface area contributed by atoms with Gasteiger partial charge in [-0.15, -0.1) is 0 Å². The van der Waals surface area contributed by atoms with Gasteiger partial charge in [0.1, 0.15) is 6.61 Å². The Hall–Kier alpha value is -3.16. The van der Waals surface area contributed by atoms with Crippen LogP contribution in [0.1, 0.15) is 11.1 Å². The van der Waals surface area contributed by atoms with Gasteiger partial charge in [0, 0.05) is 12.2 Å². The third-order valence-electron chi connectivity index (χ3n) is 3.93. The Kier molecular flexibility index (Phi) is 6.41. The summed E-state index contributed by atoms with van der Waals surface area (Å²) in [5.41, 5.74) is 2.19. The largest absolute Gasteiger partial charge is 0.444 e. The van der Waals surface area contributed by atoms with E-state index in [2.05, 4.69) is 10.0 Å². The minimum Gasteiger partial charge on any atom is -0.444 e. The molecule has 3 rings (SSSR count). The SMILES string of the molecule is O=C(Nc1ccc(S(=O)(=O)NCc2ccccc2)cc1)OCc1ccccc1. The summed E-state index contributed by atoms with van der Waals surface area (Å²) in [4.78, 5) is 12.0. The van der Waals surface area contributed by atoms with Crippen LogP contribution in [0.5, 0.6) is 0 Å². The highest BCUT2D eigenvalue weighted by Crippen LogP contribution is 2.15. The van der Waals surface area contributed by atoms with Crippen LogP contribution in [0.25, 0.3) is 0 Å². The fourth-order valence-corrected chi connectivity index (χ4v) is 3.47. The van der Waals surface area contributed by atoms with Crippen LogP contribution in [0.3, 0.4) is 0 Å². The van der Waals surface area contributed by atoms with Gasteiger partial charge < -0.3 is 4.74 Å². The predicted molar refractivity (Wildman–Crippen MR) is 107 cm³/mol. The number of benzene rings is 3. The second-order valence-electron chi connectivity index (χ2n) is 6.02. The van der Waals surface area contributed by atoms with Crippen LogP contribution in [0.2, 0.25) is 0 Å². The summed E-state index contributed by atoms with van der Waals surface area (Å²) in [6, 6.07) is 24.5. The normalized spacial score (nSPS) is 11.0. The maximum atomic E-state index is 12.4. The molecule has 0 heterocycles.